The van der Waals surface area contributed by atoms with Gasteiger partial charge in [0.1, 0.15) is 11.6 Å². The molecule has 39 heavy (non-hydrogen) atoms. The number of hydrogen-bond acceptors (Lipinski definition) is 6. The number of carboxylic acid groups (broad SMARTS) is 1. The Hall–Kier alpha value is -3.88. The highest BCUT2D eigenvalue weighted by Gasteiger charge is 2.45. The smallest absolute Gasteiger partial charge is 0.421 e. The van der Waals surface area contributed by atoms with Gasteiger partial charge in [-0.15, -0.1) is 0 Å². The monoisotopic (exact) mass is 547 g/mol. The maximum absolute atomic E-state index is 13.8. The van der Waals surface area contributed by atoms with E-state index in [4.69, 9.17) is 16.3 Å². The molecule has 1 fully saturated rings. The fraction of sp³-hybridized carbons (Fsp3) is 0.300. The Morgan fingerprint density at radius 2 is 1.72 bits per heavy atom. The van der Waals surface area contributed by atoms with Crippen molar-refractivity contribution in [2.75, 3.05) is 29.4 Å². The third-order valence-electron chi connectivity index (χ3n) is 6.89. The molecule has 2 amide bonds. The zero-order valence-electron chi connectivity index (χ0n) is 22.1. The van der Waals surface area contributed by atoms with E-state index in [1.54, 1.807) is 26.8 Å². The molecule has 2 aliphatic heterocycles. The van der Waals surface area contributed by atoms with E-state index >= 15 is 0 Å². The Kier molecular flexibility index (Phi) is 7.09. The first-order chi connectivity index (χ1) is 18.5. The summed E-state index contributed by atoms with van der Waals surface area (Å²) in [6, 6.07) is 19.8. The molecule has 0 radical (unpaired) electrons. The second-order valence-corrected chi connectivity index (χ2v) is 11.2. The molecule has 2 aliphatic rings. The molecule has 202 valence electrons. The highest BCUT2D eigenvalue weighted by Crippen LogP contribution is 2.39. The Balaban J connectivity index is 1.45. The van der Waals surface area contributed by atoms with Gasteiger partial charge in [-0.1, -0.05) is 48.0 Å². The molecule has 1 atom stereocenters. The average molecular weight is 548 g/mol. The number of fused-ring (bicyclic) bond motifs is 3. The number of nitrogens with zero attached hydrogens (tertiary/aromatic N) is 3. The lowest BCUT2D eigenvalue weighted by Gasteiger charge is -2.47. The highest BCUT2D eigenvalue weighted by atomic mass is 35.5. The van der Waals surface area contributed by atoms with Crippen molar-refractivity contribution in [3.8, 4) is 11.1 Å². The predicted molar refractivity (Wildman–Crippen MR) is 150 cm³/mol. The summed E-state index contributed by atoms with van der Waals surface area (Å²) in [7, 11) is 0. The van der Waals surface area contributed by atoms with Crippen molar-refractivity contribution >= 4 is 40.9 Å². The van der Waals surface area contributed by atoms with E-state index in [0.717, 1.165) is 21.6 Å². The van der Waals surface area contributed by atoms with Crippen molar-refractivity contribution < 1.29 is 24.2 Å². The van der Waals surface area contributed by atoms with E-state index in [0.29, 0.717) is 36.9 Å². The molecule has 0 saturated carbocycles. The lowest BCUT2D eigenvalue weighted by molar-refractivity contribution is -0.121. The zero-order valence-corrected chi connectivity index (χ0v) is 22.8. The van der Waals surface area contributed by atoms with E-state index in [9.17, 15) is 19.5 Å². The van der Waals surface area contributed by atoms with Gasteiger partial charge in [-0.3, -0.25) is 9.69 Å². The molecule has 8 nitrogen and oxygen atoms in total. The SMILES string of the molecule is CC(C)(C)OC(=O)N1C(=O)C2CN(Cc3ccccc3-c3ccc(Cl)cc3)CCN2c2ccc(C(=O)O)cc21. The quantitative estimate of drug-likeness (QED) is 0.449. The first-order valence-corrected chi connectivity index (χ1v) is 13.2. The van der Waals surface area contributed by atoms with Crippen LogP contribution in [0.3, 0.4) is 0 Å². The lowest BCUT2D eigenvalue weighted by Crippen LogP contribution is -2.63. The summed E-state index contributed by atoms with van der Waals surface area (Å²) in [6.07, 6.45) is -0.818. The number of piperazine rings is 1. The van der Waals surface area contributed by atoms with Crippen molar-refractivity contribution in [2.45, 2.75) is 39.0 Å². The fourth-order valence-corrected chi connectivity index (χ4v) is 5.26. The number of ether oxygens (including phenoxy) is 1. The van der Waals surface area contributed by atoms with Gasteiger partial charge in [-0.25, -0.2) is 14.5 Å². The van der Waals surface area contributed by atoms with E-state index in [2.05, 4.69) is 17.0 Å². The molecule has 0 aliphatic carbocycles. The lowest BCUT2D eigenvalue weighted by atomic mass is 9.98. The van der Waals surface area contributed by atoms with Gasteiger partial charge in [0, 0.05) is 31.2 Å². The first-order valence-electron chi connectivity index (χ1n) is 12.8. The van der Waals surface area contributed by atoms with Gasteiger partial charge >= 0.3 is 12.1 Å². The summed E-state index contributed by atoms with van der Waals surface area (Å²) in [4.78, 5) is 43.9. The van der Waals surface area contributed by atoms with Gasteiger partial charge in [-0.05, 0) is 67.8 Å². The normalized spacial score (nSPS) is 17.4. The van der Waals surface area contributed by atoms with Crippen LogP contribution in [-0.4, -0.2) is 59.3 Å². The number of halogens is 1. The van der Waals surface area contributed by atoms with Crippen LogP contribution >= 0.6 is 11.6 Å². The molecule has 5 rings (SSSR count). The van der Waals surface area contributed by atoms with E-state index in [1.807, 2.05) is 41.3 Å². The van der Waals surface area contributed by atoms with E-state index in [-0.39, 0.29) is 11.3 Å². The third-order valence-corrected chi connectivity index (χ3v) is 7.14. The summed E-state index contributed by atoms with van der Waals surface area (Å²) in [6.45, 7) is 7.41. The van der Waals surface area contributed by atoms with Crippen molar-refractivity contribution in [3.05, 3.63) is 82.9 Å². The maximum Gasteiger partial charge on any atom is 0.421 e. The minimum absolute atomic E-state index is 0.00833. The Labute approximate surface area is 232 Å². The Morgan fingerprint density at radius 3 is 2.41 bits per heavy atom. The number of aromatic carboxylic acids is 1. The summed E-state index contributed by atoms with van der Waals surface area (Å²) in [5, 5.41) is 10.2. The minimum atomic E-state index is -1.14. The summed E-state index contributed by atoms with van der Waals surface area (Å²) in [5.41, 5.74) is 3.29. The molecule has 2 heterocycles. The number of carbonyl (C=O) groups excluding carboxylic acids is 2. The van der Waals surface area contributed by atoms with Gasteiger partial charge in [0.25, 0.3) is 5.91 Å². The highest BCUT2D eigenvalue weighted by molar-refractivity contribution is 6.30. The van der Waals surface area contributed by atoms with Crippen LogP contribution in [-0.2, 0) is 16.1 Å². The molecule has 9 heteroatoms. The van der Waals surface area contributed by atoms with Crippen molar-refractivity contribution in [3.63, 3.8) is 0 Å². The molecule has 3 aromatic carbocycles. The summed E-state index contributed by atoms with van der Waals surface area (Å²) >= 11 is 6.09. The molecular formula is C30H30ClN3O5. The number of rotatable bonds is 4. The zero-order chi connectivity index (χ0) is 27.9. The minimum Gasteiger partial charge on any atom is -0.478 e. The number of carboxylic acids is 1. The number of benzene rings is 3. The standard InChI is InChI=1S/C30H30ClN3O5/c1-30(2,3)39-29(38)34-25-16-20(28(36)37)10-13-24(25)33-15-14-32(18-26(33)27(34)35)17-21-6-4-5-7-23(21)19-8-11-22(31)12-9-19/h4-13,16,26H,14-15,17-18H2,1-3H3,(H,36,37). The Morgan fingerprint density at radius 1 is 1.00 bits per heavy atom. The van der Waals surface area contributed by atoms with E-state index in [1.165, 1.54) is 12.1 Å². The number of anilines is 2. The maximum atomic E-state index is 13.8. The van der Waals surface area contributed by atoms with Crippen LogP contribution in [0.5, 0.6) is 0 Å². The van der Waals surface area contributed by atoms with Gasteiger partial charge in [0.15, 0.2) is 0 Å². The third kappa shape index (κ3) is 5.48. The topological polar surface area (TPSA) is 90.4 Å². The van der Waals surface area contributed by atoms with Gasteiger partial charge < -0.3 is 14.7 Å². The number of hydrogen-bond donors (Lipinski definition) is 1. The van der Waals surface area contributed by atoms with E-state index < -0.39 is 29.6 Å². The van der Waals surface area contributed by atoms with Crippen LogP contribution < -0.4 is 9.80 Å². The van der Waals surface area contributed by atoms with Crippen LogP contribution in [0.1, 0.15) is 36.7 Å². The molecule has 0 aromatic heterocycles. The number of carbonyl (C=O) groups is 3. The molecule has 0 spiro atoms. The first kappa shape index (κ1) is 26.7. The van der Waals surface area contributed by atoms with Crippen molar-refractivity contribution in [2.24, 2.45) is 0 Å². The molecule has 0 bridgehead atoms. The van der Waals surface area contributed by atoms with Crippen LogP contribution in [0.25, 0.3) is 11.1 Å². The Bertz CT molecular complexity index is 1430. The molecule has 3 aromatic rings. The van der Waals surface area contributed by atoms with Crippen molar-refractivity contribution in [1.82, 2.24) is 4.90 Å². The average Bonchev–Trinajstić information content (AvgIpc) is 2.88. The van der Waals surface area contributed by atoms with Crippen LogP contribution in [0, 0.1) is 0 Å². The summed E-state index contributed by atoms with van der Waals surface area (Å²) in [5.74, 6) is -1.57. The van der Waals surface area contributed by atoms with Gasteiger partial charge in [-0.2, -0.15) is 0 Å². The number of amides is 2. The largest absolute Gasteiger partial charge is 0.478 e. The molecule has 1 unspecified atom stereocenters. The second-order valence-electron chi connectivity index (χ2n) is 10.8. The summed E-state index contributed by atoms with van der Waals surface area (Å²) < 4.78 is 5.56. The van der Waals surface area contributed by atoms with Crippen LogP contribution in [0.4, 0.5) is 16.2 Å². The molecule has 1 saturated heterocycles. The second kappa shape index (κ2) is 10.4. The van der Waals surface area contributed by atoms with Crippen LogP contribution in [0.2, 0.25) is 5.02 Å². The van der Waals surface area contributed by atoms with Crippen molar-refractivity contribution in [1.29, 1.82) is 0 Å². The predicted octanol–water partition coefficient (Wildman–Crippen LogP) is 5.68. The molecule has 1 N–H and O–H groups in total. The van der Waals surface area contributed by atoms with Crippen LogP contribution in [0.15, 0.2) is 66.7 Å². The van der Waals surface area contributed by atoms with Gasteiger partial charge in [0.2, 0.25) is 0 Å². The molecular weight excluding hydrogens is 518 g/mol. The van der Waals surface area contributed by atoms with Gasteiger partial charge in [0.05, 0.1) is 16.9 Å². The fourth-order valence-electron chi connectivity index (χ4n) is 5.13. The number of imide groups is 1.